The largest absolute Gasteiger partial charge is 0.504 e. The number of benzene rings is 2. The van der Waals surface area contributed by atoms with Crippen molar-refractivity contribution < 1.29 is 14.9 Å². The number of nitrogens with zero attached hydrogens (tertiary/aromatic N) is 2. The van der Waals surface area contributed by atoms with E-state index in [1.807, 2.05) is 6.07 Å². The molecule has 4 aliphatic carbocycles. The van der Waals surface area contributed by atoms with Gasteiger partial charge in [0, 0.05) is 36.8 Å². The first-order valence-electron chi connectivity index (χ1n) is 14.8. The highest BCUT2D eigenvalue weighted by Gasteiger charge is 2.73. The van der Waals surface area contributed by atoms with E-state index in [4.69, 9.17) is 4.74 Å². The summed E-state index contributed by atoms with van der Waals surface area (Å²) in [5, 5.41) is 24.2. The maximum Gasteiger partial charge on any atom is 0.166 e. The number of aromatic hydroxyl groups is 1. The van der Waals surface area contributed by atoms with Gasteiger partial charge in [0.05, 0.1) is 16.7 Å². The minimum atomic E-state index is -0.895. The first kappa shape index (κ1) is 22.1. The van der Waals surface area contributed by atoms with Crippen LogP contribution in [0.1, 0.15) is 77.4 Å². The summed E-state index contributed by atoms with van der Waals surface area (Å²) in [4.78, 5) is 2.63. The Hall–Kier alpha value is -2.76. The lowest BCUT2D eigenvalue weighted by Gasteiger charge is -2.63. The van der Waals surface area contributed by atoms with E-state index in [1.165, 1.54) is 59.3 Å². The van der Waals surface area contributed by atoms with Gasteiger partial charge < -0.3 is 19.5 Å². The molecule has 2 fully saturated rings. The third kappa shape index (κ3) is 2.65. The van der Waals surface area contributed by atoms with Crippen LogP contribution in [0, 0.1) is 5.92 Å². The van der Waals surface area contributed by atoms with Crippen molar-refractivity contribution >= 4 is 0 Å². The molecule has 2 aliphatic heterocycles. The molecule has 196 valence electrons. The van der Waals surface area contributed by atoms with Gasteiger partial charge in [-0.1, -0.05) is 36.4 Å². The molecule has 3 heterocycles. The molecule has 2 aromatic carbocycles. The summed E-state index contributed by atoms with van der Waals surface area (Å²) in [6, 6.07) is 14.8. The van der Waals surface area contributed by atoms with Crippen LogP contribution in [0.3, 0.4) is 0 Å². The number of hydrogen-bond acceptors (Lipinski definition) is 4. The van der Waals surface area contributed by atoms with Crippen LogP contribution in [0.15, 0.2) is 42.5 Å². The number of hydrogen-bond donors (Lipinski definition) is 2. The Morgan fingerprint density at radius 2 is 1.84 bits per heavy atom. The van der Waals surface area contributed by atoms with E-state index >= 15 is 0 Å². The number of phenols is 1. The first-order chi connectivity index (χ1) is 18.6. The highest BCUT2D eigenvalue weighted by atomic mass is 16.5. The average molecular weight is 509 g/mol. The number of ether oxygens (including phenoxy) is 1. The van der Waals surface area contributed by atoms with E-state index in [0.29, 0.717) is 12.2 Å². The van der Waals surface area contributed by atoms with Crippen molar-refractivity contribution in [3.05, 3.63) is 81.7 Å². The van der Waals surface area contributed by atoms with Crippen LogP contribution in [-0.4, -0.2) is 44.4 Å². The summed E-state index contributed by atoms with van der Waals surface area (Å²) < 4.78 is 9.51. The van der Waals surface area contributed by atoms with Gasteiger partial charge in [-0.15, -0.1) is 0 Å². The monoisotopic (exact) mass is 508 g/mol. The lowest BCUT2D eigenvalue weighted by Crippen LogP contribution is -2.74. The molecule has 3 aromatic rings. The third-order valence-electron chi connectivity index (χ3n) is 11.1. The lowest BCUT2D eigenvalue weighted by atomic mass is 9.49. The molecule has 9 rings (SSSR count). The average Bonchev–Trinajstić information content (AvgIpc) is 3.61. The topological polar surface area (TPSA) is 57.9 Å². The zero-order valence-electron chi connectivity index (χ0n) is 22.0. The smallest absolute Gasteiger partial charge is 0.166 e. The van der Waals surface area contributed by atoms with Crippen LogP contribution < -0.4 is 4.74 Å². The Morgan fingerprint density at radius 3 is 2.68 bits per heavy atom. The molecular formula is C33H36N2O3. The van der Waals surface area contributed by atoms with Crippen LogP contribution in [0.5, 0.6) is 11.5 Å². The van der Waals surface area contributed by atoms with Gasteiger partial charge in [-0.2, -0.15) is 0 Å². The molecule has 1 spiro atoms. The van der Waals surface area contributed by atoms with Gasteiger partial charge in [0.15, 0.2) is 17.6 Å². The molecule has 1 saturated carbocycles. The maximum absolute atomic E-state index is 13.1. The van der Waals surface area contributed by atoms with Crippen LogP contribution >= 0.6 is 0 Å². The lowest BCUT2D eigenvalue weighted by molar-refractivity contribution is -0.174. The Labute approximate surface area is 224 Å². The highest BCUT2D eigenvalue weighted by molar-refractivity contribution is 5.65. The summed E-state index contributed by atoms with van der Waals surface area (Å²) in [7, 11) is 0. The van der Waals surface area contributed by atoms with E-state index < -0.39 is 11.0 Å². The summed E-state index contributed by atoms with van der Waals surface area (Å²) in [6.07, 6.45) is 9.42. The number of piperidine rings is 1. The van der Waals surface area contributed by atoms with Crippen LogP contribution in [-0.2, 0) is 37.6 Å². The van der Waals surface area contributed by atoms with Crippen molar-refractivity contribution in [3.8, 4) is 11.5 Å². The van der Waals surface area contributed by atoms with Crippen molar-refractivity contribution in [1.29, 1.82) is 0 Å². The molecular weight excluding hydrogens is 472 g/mol. The van der Waals surface area contributed by atoms with Gasteiger partial charge >= 0.3 is 0 Å². The molecule has 5 heteroatoms. The molecule has 5 nitrogen and oxygen atoms in total. The van der Waals surface area contributed by atoms with Gasteiger partial charge in [0.25, 0.3) is 0 Å². The van der Waals surface area contributed by atoms with Gasteiger partial charge in [-0.25, -0.2) is 0 Å². The molecule has 0 unspecified atom stereocenters. The Balaban J connectivity index is 1.29. The fraction of sp³-hybridized carbons (Fsp3) is 0.515. The van der Waals surface area contributed by atoms with Crippen molar-refractivity contribution in [3.63, 3.8) is 0 Å². The predicted octanol–water partition coefficient (Wildman–Crippen LogP) is 4.82. The van der Waals surface area contributed by atoms with Gasteiger partial charge in [0.1, 0.15) is 0 Å². The number of aromatic nitrogens is 1. The molecule has 2 bridgehead atoms. The fourth-order valence-corrected chi connectivity index (χ4v) is 9.34. The molecule has 1 aromatic heterocycles. The predicted molar refractivity (Wildman–Crippen MR) is 145 cm³/mol. The van der Waals surface area contributed by atoms with E-state index in [2.05, 4.69) is 45.9 Å². The summed E-state index contributed by atoms with van der Waals surface area (Å²) >= 11 is 0. The molecule has 4 atom stereocenters. The Kier molecular flexibility index (Phi) is 4.33. The molecule has 38 heavy (non-hydrogen) atoms. The van der Waals surface area contributed by atoms with E-state index in [-0.39, 0.29) is 17.9 Å². The van der Waals surface area contributed by atoms with Gasteiger partial charge in [-0.05, 0) is 92.1 Å². The molecule has 0 radical (unpaired) electrons. The second-order valence-corrected chi connectivity index (χ2v) is 13.0. The number of phenolic OH excluding ortho intramolecular Hbond substituents is 1. The van der Waals surface area contributed by atoms with Gasteiger partial charge in [0.2, 0.25) is 0 Å². The SMILES string of the molecule is Oc1ccc2c3c1O[C@H]1c4c(c5c(n4Cc4ccccc4)CCCC5)C[C@@]4(O)[C@H](C2)N(CC2CC2)CC[C@]314. The van der Waals surface area contributed by atoms with Crippen molar-refractivity contribution in [2.75, 3.05) is 13.1 Å². The fourth-order valence-electron chi connectivity index (χ4n) is 9.34. The summed E-state index contributed by atoms with van der Waals surface area (Å²) in [5.74, 6) is 1.65. The quantitative estimate of drug-likeness (QED) is 0.531. The van der Waals surface area contributed by atoms with Crippen LogP contribution in [0.25, 0.3) is 0 Å². The second kappa shape index (κ2) is 7.45. The normalized spacial score (nSPS) is 32.3. The zero-order chi connectivity index (χ0) is 25.2. The number of aliphatic hydroxyl groups is 1. The van der Waals surface area contributed by atoms with Crippen LogP contribution in [0.2, 0.25) is 0 Å². The standard InChI is InChI=1S/C33H36N2O3/c36-26-13-12-22-16-27-33(37)17-24-23-8-4-5-9-25(23)35(19-20-6-2-1-3-7-20)29(24)31-32(33,28(22)30(26)38-31)14-15-34(27)18-21-10-11-21/h1-3,6-7,12-13,21,27,31,36-37H,4-5,8-11,14-19H2/t27-,31-,32-,33+/m0/s1. The third-order valence-corrected chi connectivity index (χ3v) is 11.1. The van der Waals surface area contributed by atoms with Gasteiger partial charge in [-0.3, -0.25) is 4.90 Å². The number of fused-ring (bicyclic) bond motifs is 4. The molecule has 1 saturated heterocycles. The Bertz CT molecular complexity index is 1470. The van der Waals surface area contributed by atoms with Crippen LogP contribution in [0.4, 0.5) is 0 Å². The number of likely N-dealkylation sites (tertiary alicyclic amines) is 1. The van der Waals surface area contributed by atoms with Crippen molar-refractivity contribution in [1.82, 2.24) is 9.47 Å². The maximum atomic E-state index is 13.1. The minimum absolute atomic E-state index is 0.0933. The van der Waals surface area contributed by atoms with E-state index in [0.717, 1.165) is 56.8 Å². The minimum Gasteiger partial charge on any atom is -0.504 e. The molecule has 6 aliphatic rings. The van der Waals surface area contributed by atoms with E-state index in [9.17, 15) is 10.2 Å². The molecule has 0 amide bonds. The van der Waals surface area contributed by atoms with Crippen molar-refractivity contribution in [2.24, 2.45) is 5.92 Å². The summed E-state index contributed by atoms with van der Waals surface area (Å²) in [5.41, 5.74) is 7.85. The summed E-state index contributed by atoms with van der Waals surface area (Å²) in [6.45, 7) is 2.93. The first-order valence-corrected chi connectivity index (χ1v) is 14.8. The molecule has 2 N–H and O–H groups in total. The highest BCUT2D eigenvalue weighted by Crippen LogP contribution is 2.69. The van der Waals surface area contributed by atoms with E-state index in [1.54, 1.807) is 0 Å². The zero-order valence-corrected chi connectivity index (χ0v) is 22.0. The van der Waals surface area contributed by atoms with Crippen molar-refractivity contribution in [2.45, 2.75) is 87.5 Å². The second-order valence-electron chi connectivity index (χ2n) is 13.0. The number of rotatable bonds is 4. The Morgan fingerprint density at radius 1 is 1.00 bits per heavy atom.